The number of esters is 1. The fourth-order valence-corrected chi connectivity index (χ4v) is 11.3. The molecular weight excluding hydrogens is 604 g/mol. The molecule has 10 heteroatoms. The third-order valence-corrected chi connectivity index (χ3v) is 13.8. The number of fused-ring (bicyclic) bond motifs is 6. The van der Waals surface area contributed by atoms with E-state index in [0.717, 1.165) is 42.4 Å². The fraction of sp³-hybridized carbons (Fsp3) is 0.730. The third kappa shape index (κ3) is 4.72. The van der Waals surface area contributed by atoms with Gasteiger partial charge in [0.1, 0.15) is 24.7 Å². The van der Waals surface area contributed by atoms with Crippen LogP contribution in [-0.4, -0.2) is 78.1 Å². The van der Waals surface area contributed by atoms with E-state index in [9.17, 15) is 19.8 Å². The monoisotopic (exact) mass is 652 g/mol. The second-order valence-electron chi connectivity index (χ2n) is 15.6. The van der Waals surface area contributed by atoms with Crippen molar-refractivity contribution in [1.82, 2.24) is 0 Å². The summed E-state index contributed by atoms with van der Waals surface area (Å²) in [7, 11) is 1.64. The Kier molecular flexibility index (Phi) is 7.70. The number of hydrogen-bond donors (Lipinski definition) is 2. The largest absolute Gasteiger partial charge is 0.497 e. The van der Waals surface area contributed by atoms with Crippen LogP contribution in [0.1, 0.15) is 89.9 Å². The molecule has 0 amide bonds. The summed E-state index contributed by atoms with van der Waals surface area (Å²) in [5, 5.41) is 24.9. The van der Waals surface area contributed by atoms with Gasteiger partial charge in [-0.2, -0.15) is 0 Å². The van der Waals surface area contributed by atoms with Crippen LogP contribution in [0.5, 0.6) is 5.75 Å². The zero-order chi connectivity index (χ0) is 32.8. The van der Waals surface area contributed by atoms with Crippen LogP contribution in [0.15, 0.2) is 35.9 Å². The molecule has 8 rings (SSSR count). The van der Waals surface area contributed by atoms with Crippen LogP contribution in [0.2, 0.25) is 0 Å². The van der Waals surface area contributed by atoms with Gasteiger partial charge in [0.25, 0.3) is 0 Å². The van der Waals surface area contributed by atoms with Crippen molar-refractivity contribution >= 4 is 12.3 Å². The summed E-state index contributed by atoms with van der Waals surface area (Å²) in [4.78, 5) is 25.1. The number of hydrogen-bond acceptors (Lipinski definition) is 10. The maximum Gasteiger partial charge on any atom is 0.331 e. The van der Waals surface area contributed by atoms with E-state index < -0.39 is 34.6 Å². The molecular formula is C37H48O10. The number of rotatable bonds is 6. The number of aliphatic hydroxyl groups is 2. The smallest absolute Gasteiger partial charge is 0.331 e. The molecule has 256 valence electrons. The van der Waals surface area contributed by atoms with Crippen LogP contribution in [0.3, 0.4) is 0 Å². The second-order valence-corrected chi connectivity index (χ2v) is 15.6. The molecule has 0 bridgehead atoms. The summed E-state index contributed by atoms with van der Waals surface area (Å²) in [5.41, 5.74) is -1.62. The first-order chi connectivity index (χ1) is 22.5. The minimum absolute atomic E-state index is 0.0789. The van der Waals surface area contributed by atoms with Gasteiger partial charge in [0.05, 0.1) is 42.0 Å². The Morgan fingerprint density at radius 2 is 1.74 bits per heavy atom. The fourth-order valence-electron chi connectivity index (χ4n) is 11.3. The second kappa shape index (κ2) is 11.4. The average molecular weight is 653 g/mol. The summed E-state index contributed by atoms with van der Waals surface area (Å²) in [6, 6.07) is 7.66. The van der Waals surface area contributed by atoms with E-state index in [2.05, 4.69) is 6.92 Å². The molecule has 13 atom stereocenters. The number of carbonyl (C=O) groups excluding carboxylic acids is 2. The molecule has 0 unspecified atom stereocenters. The van der Waals surface area contributed by atoms with E-state index in [-0.39, 0.29) is 48.1 Å². The summed E-state index contributed by atoms with van der Waals surface area (Å²) in [6.45, 7) is 4.44. The lowest BCUT2D eigenvalue weighted by atomic mass is 9.41. The quantitative estimate of drug-likeness (QED) is 0.257. The zero-order valence-electron chi connectivity index (χ0n) is 27.6. The Morgan fingerprint density at radius 3 is 2.47 bits per heavy atom. The molecule has 4 aliphatic carbocycles. The van der Waals surface area contributed by atoms with Gasteiger partial charge >= 0.3 is 5.97 Å². The topological polar surface area (TPSA) is 130 Å². The van der Waals surface area contributed by atoms with Crippen LogP contribution in [0.25, 0.3) is 0 Å². The number of aldehydes is 1. The van der Waals surface area contributed by atoms with Crippen molar-refractivity contribution < 1.29 is 48.2 Å². The number of benzene rings is 1. The molecule has 0 aromatic heterocycles. The number of methoxy groups -OCH3 is 1. The maximum absolute atomic E-state index is 13.2. The lowest BCUT2D eigenvalue weighted by Crippen LogP contribution is -2.69. The van der Waals surface area contributed by atoms with Crippen LogP contribution in [0.4, 0.5) is 0 Å². The molecule has 1 aromatic rings. The first-order valence-corrected chi connectivity index (χ1v) is 17.6. The standard InChI is InChI=1S/C37H48O10/c1-21-32-29(46-33(47-32)22-4-6-24(42-3)7-5-22)17-31(44-21)45-25-8-13-35(20-38)27-9-12-34(2)26(23-16-30(39)43-19-23)11-15-37(34,41)28(27)10-14-36(35,40)18-25/h4-7,16,20-21,25-29,31-33,40-41H,8-15,17-19H2,1-3H3/t21-,25-,26+,27-,28+,29+,31-,32+,33+,34+,35-,36-,37-/m0/s1. The normalized spacial score (nSPS) is 48.8. The van der Waals surface area contributed by atoms with Crippen LogP contribution < -0.4 is 4.74 Å². The van der Waals surface area contributed by atoms with Gasteiger partial charge in [-0.15, -0.1) is 0 Å². The zero-order valence-corrected chi connectivity index (χ0v) is 27.6. The Hall–Kier alpha value is -2.34. The molecule has 2 N–H and O–H groups in total. The van der Waals surface area contributed by atoms with Gasteiger partial charge in [-0.1, -0.05) is 19.1 Å². The van der Waals surface area contributed by atoms with Crippen molar-refractivity contribution in [2.45, 2.75) is 126 Å². The van der Waals surface area contributed by atoms with E-state index in [1.165, 1.54) is 0 Å². The molecule has 3 heterocycles. The maximum atomic E-state index is 13.2. The van der Waals surface area contributed by atoms with Crippen molar-refractivity contribution in [3.8, 4) is 5.75 Å². The summed E-state index contributed by atoms with van der Waals surface area (Å²) < 4.78 is 36.0. The molecule has 47 heavy (non-hydrogen) atoms. The van der Waals surface area contributed by atoms with Crippen LogP contribution >= 0.6 is 0 Å². The third-order valence-electron chi connectivity index (χ3n) is 13.8. The molecule has 3 aliphatic heterocycles. The molecule has 4 saturated carbocycles. The first-order valence-electron chi connectivity index (χ1n) is 17.6. The highest BCUT2D eigenvalue weighted by atomic mass is 16.8. The molecule has 2 saturated heterocycles. The van der Waals surface area contributed by atoms with Gasteiger partial charge in [0, 0.05) is 29.9 Å². The molecule has 6 fully saturated rings. The van der Waals surface area contributed by atoms with Gasteiger partial charge in [0.2, 0.25) is 0 Å². The highest BCUT2D eigenvalue weighted by molar-refractivity contribution is 5.85. The molecule has 7 aliphatic rings. The van der Waals surface area contributed by atoms with Crippen molar-refractivity contribution in [3.05, 3.63) is 41.5 Å². The summed E-state index contributed by atoms with van der Waals surface area (Å²) in [6.07, 6.45) is 6.74. The Labute approximate surface area is 276 Å². The van der Waals surface area contributed by atoms with Crippen molar-refractivity contribution in [3.63, 3.8) is 0 Å². The minimum atomic E-state index is -1.22. The Balaban J connectivity index is 0.948. The molecule has 0 spiro atoms. The van der Waals surface area contributed by atoms with E-state index in [1.807, 2.05) is 31.2 Å². The molecule has 10 nitrogen and oxygen atoms in total. The number of carbonyl (C=O) groups is 2. The highest BCUT2D eigenvalue weighted by Crippen LogP contribution is 2.70. The van der Waals surface area contributed by atoms with Gasteiger partial charge in [-0.05, 0) is 93.7 Å². The Morgan fingerprint density at radius 1 is 0.957 bits per heavy atom. The lowest BCUT2D eigenvalue weighted by molar-refractivity contribution is -0.278. The van der Waals surface area contributed by atoms with Crippen molar-refractivity contribution in [2.24, 2.45) is 28.6 Å². The van der Waals surface area contributed by atoms with Gasteiger partial charge in [-0.25, -0.2) is 4.79 Å². The van der Waals surface area contributed by atoms with E-state index in [0.29, 0.717) is 51.6 Å². The summed E-state index contributed by atoms with van der Waals surface area (Å²) >= 11 is 0. The number of cyclic esters (lactones) is 1. The van der Waals surface area contributed by atoms with E-state index in [1.54, 1.807) is 13.2 Å². The average Bonchev–Trinajstić information content (AvgIpc) is 3.76. The summed E-state index contributed by atoms with van der Waals surface area (Å²) in [5.74, 6) is 0.342. The van der Waals surface area contributed by atoms with E-state index >= 15 is 0 Å². The molecule has 1 aromatic carbocycles. The minimum Gasteiger partial charge on any atom is -0.497 e. The van der Waals surface area contributed by atoms with Crippen molar-refractivity contribution in [2.75, 3.05) is 13.7 Å². The first kappa shape index (κ1) is 31.9. The van der Waals surface area contributed by atoms with Crippen molar-refractivity contribution in [1.29, 1.82) is 0 Å². The Bertz CT molecular complexity index is 1430. The van der Waals surface area contributed by atoms with E-state index in [4.69, 9.17) is 28.4 Å². The van der Waals surface area contributed by atoms with Gasteiger partial charge in [0.15, 0.2) is 12.6 Å². The van der Waals surface area contributed by atoms with Crippen LogP contribution in [-0.2, 0) is 33.3 Å². The lowest BCUT2D eigenvalue weighted by Gasteiger charge is -2.65. The predicted octanol–water partition coefficient (Wildman–Crippen LogP) is 4.55. The predicted molar refractivity (Wildman–Crippen MR) is 167 cm³/mol. The highest BCUT2D eigenvalue weighted by Gasteiger charge is 2.71. The SMILES string of the molecule is COc1ccc([C@H]2O[C@@H]3[C@H](C)O[C@@H](O[C@H]4CC[C@]5(C=O)[C@H]6CC[C@]7(C)[C@@H](C8=CC(=O)OC8)CC[C@]7(O)[C@@H]6CC[C@]5(O)C4)C[C@H]3O2)cc1. The van der Waals surface area contributed by atoms with Crippen LogP contribution in [0, 0.1) is 28.6 Å². The number of ether oxygens (including phenoxy) is 6. The van der Waals surface area contributed by atoms with Gasteiger partial charge < -0.3 is 43.4 Å². The molecule has 0 radical (unpaired) electrons. The van der Waals surface area contributed by atoms with Gasteiger partial charge in [-0.3, -0.25) is 0 Å².